The molecule has 1 rings (SSSR count). The van der Waals surface area contributed by atoms with Gasteiger partial charge in [0.05, 0.1) is 19.3 Å². The lowest BCUT2D eigenvalue weighted by molar-refractivity contribution is 0.0329. The maximum absolute atomic E-state index is 12.9. The summed E-state index contributed by atoms with van der Waals surface area (Å²) >= 11 is 0. The number of aliphatic hydroxyl groups is 1. The Morgan fingerprint density at radius 2 is 2.27 bits per heavy atom. The predicted octanol–water partition coefficient (Wildman–Crippen LogP) is 0.970. The zero-order valence-corrected chi connectivity index (χ0v) is 8.74. The predicted molar refractivity (Wildman–Crippen MR) is 55.9 cm³/mol. The quantitative estimate of drug-likeness (QED) is 0.766. The van der Waals surface area contributed by atoms with Gasteiger partial charge in [-0.05, 0) is 24.1 Å². The number of ether oxygens (including phenoxy) is 1. The van der Waals surface area contributed by atoms with Gasteiger partial charge in [0.15, 0.2) is 0 Å². The van der Waals surface area contributed by atoms with Gasteiger partial charge in [-0.15, -0.1) is 0 Å². The number of hydrogen-bond donors (Lipinski definition) is 2. The van der Waals surface area contributed by atoms with Crippen LogP contribution >= 0.6 is 0 Å². The highest BCUT2D eigenvalue weighted by molar-refractivity contribution is 5.23. The molecule has 4 heteroatoms. The van der Waals surface area contributed by atoms with Crippen molar-refractivity contribution in [3.05, 3.63) is 35.1 Å². The van der Waals surface area contributed by atoms with E-state index in [0.29, 0.717) is 12.2 Å². The van der Waals surface area contributed by atoms with Crippen molar-refractivity contribution >= 4 is 0 Å². The van der Waals surface area contributed by atoms with Crippen molar-refractivity contribution in [1.82, 2.24) is 0 Å². The molecule has 0 radical (unpaired) electrons. The highest BCUT2D eigenvalue weighted by Crippen LogP contribution is 2.10. The van der Waals surface area contributed by atoms with Gasteiger partial charge < -0.3 is 15.6 Å². The van der Waals surface area contributed by atoms with E-state index in [2.05, 4.69) is 0 Å². The van der Waals surface area contributed by atoms with Gasteiger partial charge in [-0.1, -0.05) is 12.1 Å². The van der Waals surface area contributed by atoms with E-state index >= 15 is 0 Å². The van der Waals surface area contributed by atoms with Crippen molar-refractivity contribution in [2.75, 3.05) is 13.2 Å². The van der Waals surface area contributed by atoms with Crippen LogP contribution in [0.2, 0.25) is 0 Å². The molecule has 1 atom stereocenters. The Morgan fingerprint density at radius 1 is 1.53 bits per heavy atom. The van der Waals surface area contributed by atoms with E-state index in [1.165, 1.54) is 6.07 Å². The van der Waals surface area contributed by atoms with E-state index < -0.39 is 6.10 Å². The number of nitrogens with two attached hydrogens (primary N) is 1. The number of hydrogen-bond acceptors (Lipinski definition) is 3. The topological polar surface area (TPSA) is 55.5 Å². The fraction of sp³-hybridized carbons (Fsp3) is 0.455. The van der Waals surface area contributed by atoms with Crippen molar-refractivity contribution in [3.8, 4) is 0 Å². The second-order valence-electron chi connectivity index (χ2n) is 3.49. The summed E-state index contributed by atoms with van der Waals surface area (Å²) in [6.45, 7) is 2.45. The van der Waals surface area contributed by atoms with E-state index in [-0.39, 0.29) is 19.0 Å². The molecule has 0 aliphatic heterocycles. The molecule has 0 saturated heterocycles. The van der Waals surface area contributed by atoms with Crippen LogP contribution in [0.15, 0.2) is 18.2 Å². The Labute approximate surface area is 88.7 Å². The third-order valence-corrected chi connectivity index (χ3v) is 2.07. The second kappa shape index (κ2) is 5.80. The molecule has 0 bridgehead atoms. The normalized spacial score (nSPS) is 12.8. The first-order chi connectivity index (χ1) is 7.13. The largest absolute Gasteiger partial charge is 0.389 e. The molecule has 0 aromatic heterocycles. The molecule has 0 amide bonds. The summed E-state index contributed by atoms with van der Waals surface area (Å²) in [5.74, 6) is -0.222. The summed E-state index contributed by atoms with van der Waals surface area (Å²) in [6, 6.07) is 4.80. The van der Waals surface area contributed by atoms with E-state index in [0.717, 1.165) is 5.56 Å². The molecule has 3 N–H and O–H groups in total. The second-order valence-corrected chi connectivity index (χ2v) is 3.49. The summed E-state index contributed by atoms with van der Waals surface area (Å²) in [5.41, 5.74) is 6.70. The molecular formula is C11H16FNO2. The van der Waals surface area contributed by atoms with E-state index in [4.69, 9.17) is 15.6 Å². The monoisotopic (exact) mass is 213 g/mol. The van der Waals surface area contributed by atoms with Gasteiger partial charge in [0.2, 0.25) is 0 Å². The Balaban J connectivity index is 2.41. The van der Waals surface area contributed by atoms with Crippen LogP contribution in [0, 0.1) is 12.7 Å². The molecule has 84 valence electrons. The number of rotatable bonds is 5. The first-order valence-corrected chi connectivity index (χ1v) is 4.84. The maximum Gasteiger partial charge on any atom is 0.126 e. The lowest BCUT2D eigenvalue weighted by atomic mass is 10.1. The SMILES string of the molecule is Cc1cc(COC[C@@H](O)CN)ccc1F. The fourth-order valence-corrected chi connectivity index (χ4v) is 1.18. The van der Waals surface area contributed by atoms with Crippen LogP contribution in [0.25, 0.3) is 0 Å². The van der Waals surface area contributed by atoms with Gasteiger partial charge in [-0.25, -0.2) is 4.39 Å². The average molecular weight is 213 g/mol. The minimum atomic E-state index is -0.633. The van der Waals surface area contributed by atoms with Gasteiger partial charge in [-0.3, -0.25) is 0 Å². The lowest BCUT2D eigenvalue weighted by Crippen LogP contribution is -2.24. The highest BCUT2D eigenvalue weighted by Gasteiger charge is 2.02. The molecule has 0 spiro atoms. The number of aryl methyl sites for hydroxylation is 1. The Hall–Kier alpha value is -0.970. The van der Waals surface area contributed by atoms with Crippen molar-refractivity contribution in [2.45, 2.75) is 19.6 Å². The summed E-state index contributed by atoms with van der Waals surface area (Å²) < 4.78 is 18.1. The first-order valence-electron chi connectivity index (χ1n) is 4.84. The zero-order valence-electron chi connectivity index (χ0n) is 8.74. The van der Waals surface area contributed by atoms with Gasteiger partial charge >= 0.3 is 0 Å². The third-order valence-electron chi connectivity index (χ3n) is 2.07. The van der Waals surface area contributed by atoms with E-state index in [1.807, 2.05) is 0 Å². The lowest BCUT2D eigenvalue weighted by Gasteiger charge is -2.09. The molecular weight excluding hydrogens is 197 g/mol. The number of halogens is 1. The van der Waals surface area contributed by atoms with Crippen molar-refractivity contribution < 1.29 is 14.2 Å². The summed E-state index contributed by atoms with van der Waals surface area (Å²) in [4.78, 5) is 0. The van der Waals surface area contributed by atoms with Crippen LogP contribution in [-0.2, 0) is 11.3 Å². The van der Waals surface area contributed by atoms with Crippen LogP contribution < -0.4 is 5.73 Å². The minimum Gasteiger partial charge on any atom is -0.389 e. The van der Waals surface area contributed by atoms with Gasteiger partial charge in [-0.2, -0.15) is 0 Å². The standard InChI is InChI=1S/C11H16FNO2/c1-8-4-9(2-3-11(8)12)6-15-7-10(14)5-13/h2-4,10,14H,5-7,13H2,1H3/t10-/m0/s1. The molecule has 0 saturated carbocycles. The Kier molecular flexibility index (Phi) is 4.68. The smallest absolute Gasteiger partial charge is 0.126 e. The molecule has 15 heavy (non-hydrogen) atoms. The first kappa shape index (κ1) is 12.1. The van der Waals surface area contributed by atoms with E-state index in [1.54, 1.807) is 19.1 Å². The molecule has 1 aromatic carbocycles. The van der Waals surface area contributed by atoms with Crippen LogP contribution in [-0.4, -0.2) is 24.4 Å². The van der Waals surface area contributed by atoms with Gasteiger partial charge in [0, 0.05) is 6.54 Å². The molecule has 0 aliphatic carbocycles. The van der Waals surface area contributed by atoms with E-state index in [9.17, 15) is 4.39 Å². The summed E-state index contributed by atoms with van der Waals surface area (Å²) in [7, 11) is 0. The van der Waals surface area contributed by atoms with Crippen LogP contribution in [0.1, 0.15) is 11.1 Å². The molecule has 0 fully saturated rings. The van der Waals surface area contributed by atoms with Crippen LogP contribution in [0.4, 0.5) is 4.39 Å². The summed E-state index contributed by atoms with van der Waals surface area (Å²) in [5, 5.41) is 9.12. The molecule has 0 aliphatic rings. The Bertz CT molecular complexity index is 317. The summed E-state index contributed by atoms with van der Waals surface area (Å²) in [6.07, 6.45) is -0.633. The Morgan fingerprint density at radius 3 is 2.87 bits per heavy atom. The van der Waals surface area contributed by atoms with Crippen molar-refractivity contribution in [3.63, 3.8) is 0 Å². The van der Waals surface area contributed by atoms with Crippen LogP contribution in [0.5, 0.6) is 0 Å². The van der Waals surface area contributed by atoms with Crippen LogP contribution in [0.3, 0.4) is 0 Å². The number of aliphatic hydroxyl groups excluding tert-OH is 1. The molecule has 0 unspecified atom stereocenters. The molecule has 1 aromatic rings. The fourth-order valence-electron chi connectivity index (χ4n) is 1.18. The average Bonchev–Trinajstić information content (AvgIpc) is 2.23. The van der Waals surface area contributed by atoms with Crippen molar-refractivity contribution in [2.24, 2.45) is 5.73 Å². The van der Waals surface area contributed by atoms with Gasteiger partial charge in [0.1, 0.15) is 5.82 Å². The zero-order chi connectivity index (χ0) is 11.3. The van der Waals surface area contributed by atoms with Crippen molar-refractivity contribution in [1.29, 1.82) is 0 Å². The third kappa shape index (κ3) is 3.95. The highest BCUT2D eigenvalue weighted by atomic mass is 19.1. The number of benzene rings is 1. The maximum atomic E-state index is 12.9. The molecule has 0 heterocycles. The molecule has 3 nitrogen and oxygen atoms in total. The minimum absolute atomic E-state index is 0.183. The van der Waals surface area contributed by atoms with Gasteiger partial charge in [0.25, 0.3) is 0 Å².